The van der Waals surface area contributed by atoms with Gasteiger partial charge in [-0.15, -0.1) is 0 Å². The Balaban J connectivity index is 1.84. The maximum atomic E-state index is 12.9. The van der Waals surface area contributed by atoms with Crippen molar-refractivity contribution in [2.24, 2.45) is 5.73 Å². The maximum Gasteiger partial charge on any atom is 0.416 e. The van der Waals surface area contributed by atoms with Crippen LogP contribution in [0, 0.1) is 0 Å². The quantitative estimate of drug-likeness (QED) is 0.603. The monoisotopic (exact) mass is 444 g/mol. The van der Waals surface area contributed by atoms with Crippen molar-refractivity contribution in [2.75, 3.05) is 5.32 Å². The van der Waals surface area contributed by atoms with E-state index < -0.39 is 23.6 Å². The number of aromatic nitrogens is 2. The molecule has 3 rings (SSSR count). The van der Waals surface area contributed by atoms with Crippen LogP contribution in [0.15, 0.2) is 54.9 Å². The molecule has 0 spiro atoms. The summed E-state index contributed by atoms with van der Waals surface area (Å²) < 4.78 is 40.2. The number of nitrogens with zero attached hydrogens (tertiary/aromatic N) is 2. The fraction of sp³-hybridized carbons (Fsp3) is 0.261. The molecule has 168 valence electrons. The van der Waals surface area contributed by atoms with E-state index >= 15 is 0 Å². The normalized spacial score (nSPS) is 11.9. The van der Waals surface area contributed by atoms with E-state index in [0.29, 0.717) is 0 Å². The van der Waals surface area contributed by atoms with Crippen molar-refractivity contribution in [3.8, 4) is 0 Å². The van der Waals surface area contributed by atoms with Crippen LogP contribution in [0.1, 0.15) is 58.3 Å². The van der Waals surface area contributed by atoms with Gasteiger partial charge in [0.1, 0.15) is 0 Å². The van der Waals surface area contributed by atoms with Crippen LogP contribution in [-0.4, -0.2) is 21.4 Å². The van der Waals surface area contributed by atoms with Crippen LogP contribution < -0.4 is 11.1 Å². The first-order valence-electron chi connectivity index (χ1n) is 9.79. The van der Waals surface area contributed by atoms with E-state index in [9.17, 15) is 22.8 Å². The fourth-order valence-electron chi connectivity index (χ4n) is 3.18. The lowest BCUT2D eigenvalue weighted by molar-refractivity contribution is -0.137. The number of nitrogens with one attached hydrogen (secondary N) is 1. The van der Waals surface area contributed by atoms with Crippen molar-refractivity contribution in [2.45, 2.75) is 38.9 Å². The molecule has 0 aliphatic rings. The molecule has 6 nitrogen and oxygen atoms in total. The minimum absolute atomic E-state index is 0.00715. The number of carbonyl (C=O) groups excluding carboxylic acids is 2. The molecule has 0 aliphatic carbocycles. The molecule has 0 unspecified atom stereocenters. The van der Waals surface area contributed by atoms with Gasteiger partial charge in [-0.25, -0.2) is 4.98 Å². The van der Waals surface area contributed by atoms with Gasteiger partial charge in [0.2, 0.25) is 0 Å². The number of hydrogen-bond acceptors (Lipinski definition) is 3. The third-order valence-electron chi connectivity index (χ3n) is 4.93. The lowest BCUT2D eigenvalue weighted by Gasteiger charge is -2.19. The lowest BCUT2D eigenvalue weighted by atomic mass is 9.87. The molecular weight excluding hydrogens is 421 g/mol. The number of halogens is 3. The molecule has 9 heteroatoms. The summed E-state index contributed by atoms with van der Waals surface area (Å²) in [5.41, 5.74) is 6.29. The van der Waals surface area contributed by atoms with Crippen LogP contribution in [0.3, 0.4) is 0 Å². The van der Waals surface area contributed by atoms with Gasteiger partial charge in [-0.05, 0) is 34.7 Å². The van der Waals surface area contributed by atoms with E-state index in [-0.39, 0.29) is 29.0 Å². The summed E-state index contributed by atoms with van der Waals surface area (Å²) in [5, 5.41) is 2.38. The zero-order valence-electron chi connectivity index (χ0n) is 17.8. The van der Waals surface area contributed by atoms with Gasteiger partial charge in [-0.3, -0.25) is 9.59 Å². The first kappa shape index (κ1) is 23.1. The van der Waals surface area contributed by atoms with E-state index in [1.54, 1.807) is 0 Å². The first-order valence-corrected chi connectivity index (χ1v) is 9.79. The molecule has 0 fully saturated rings. The topological polar surface area (TPSA) is 90.0 Å². The summed E-state index contributed by atoms with van der Waals surface area (Å²) in [7, 11) is 0. The summed E-state index contributed by atoms with van der Waals surface area (Å²) in [6, 6.07) is 11.8. The lowest BCUT2D eigenvalue weighted by Crippen LogP contribution is -2.21. The summed E-state index contributed by atoms with van der Waals surface area (Å²) in [6.45, 7) is 6.57. The Hall–Kier alpha value is -3.62. The Kier molecular flexibility index (Phi) is 6.11. The highest BCUT2D eigenvalue weighted by molar-refractivity contribution is 6.07. The van der Waals surface area contributed by atoms with Crippen LogP contribution in [0.2, 0.25) is 0 Å². The molecule has 0 saturated carbocycles. The van der Waals surface area contributed by atoms with Crippen LogP contribution >= 0.6 is 0 Å². The maximum absolute atomic E-state index is 12.9. The second kappa shape index (κ2) is 8.49. The Bertz CT molecular complexity index is 1140. The molecular formula is C23H23F3N4O2. The van der Waals surface area contributed by atoms with Crippen LogP contribution in [0.4, 0.5) is 19.0 Å². The highest BCUT2D eigenvalue weighted by atomic mass is 19.4. The highest BCUT2D eigenvalue weighted by Gasteiger charge is 2.31. The molecule has 0 saturated heterocycles. The predicted octanol–water partition coefficient (Wildman–Crippen LogP) is 4.60. The summed E-state index contributed by atoms with van der Waals surface area (Å²) >= 11 is 0. The molecule has 32 heavy (non-hydrogen) atoms. The zero-order valence-corrected chi connectivity index (χ0v) is 17.8. The van der Waals surface area contributed by atoms with Gasteiger partial charge in [0.25, 0.3) is 11.8 Å². The van der Waals surface area contributed by atoms with Crippen LogP contribution in [-0.2, 0) is 18.1 Å². The van der Waals surface area contributed by atoms with Gasteiger partial charge in [0.05, 0.1) is 11.9 Å². The van der Waals surface area contributed by atoms with Crippen molar-refractivity contribution in [3.05, 3.63) is 82.8 Å². The summed E-state index contributed by atoms with van der Waals surface area (Å²) in [5.74, 6) is -1.78. The molecule has 1 heterocycles. The Morgan fingerprint density at radius 3 is 2.25 bits per heavy atom. The number of anilines is 1. The predicted molar refractivity (Wildman–Crippen MR) is 114 cm³/mol. The molecule has 0 atom stereocenters. The number of primary amides is 1. The number of rotatable bonds is 5. The first-order chi connectivity index (χ1) is 14.9. The van der Waals surface area contributed by atoms with E-state index in [2.05, 4.69) is 31.1 Å². The van der Waals surface area contributed by atoms with Crippen molar-refractivity contribution < 1.29 is 22.8 Å². The smallest absolute Gasteiger partial charge is 0.364 e. The number of amides is 2. The van der Waals surface area contributed by atoms with E-state index in [4.69, 9.17) is 5.73 Å². The summed E-state index contributed by atoms with van der Waals surface area (Å²) in [6.07, 6.45) is -3.24. The van der Waals surface area contributed by atoms with E-state index in [1.807, 2.05) is 24.3 Å². The second-order valence-electron chi connectivity index (χ2n) is 8.41. The molecule has 2 amide bonds. The van der Waals surface area contributed by atoms with Gasteiger partial charge in [0, 0.05) is 12.1 Å². The van der Waals surface area contributed by atoms with Crippen LogP contribution in [0.25, 0.3) is 0 Å². The van der Waals surface area contributed by atoms with Crippen molar-refractivity contribution in [1.29, 1.82) is 0 Å². The standard InChI is InChI=1S/C23H23F3N4O2/c1-22(2,3)16-9-7-14(8-10-16)12-30-13-28-20(18(30)19(27)31)29-21(32)15-5-4-6-17(11-15)23(24,25)26/h4-11,13H,12H2,1-3H3,(H2,27,31)(H,29,32). The Morgan fingerprint density at radius 1 is 1.03 bits per heavy atom. The molecule has 2 aromatic carbocycles. The van der Waals surface area contributed by atoms with E-state index in [1.165, 1.54) is 17.0 Å². The SMILES string of the molecule is CC(C)(C)c1ccc(Cn2cnc(NC(=O)c3cccc(C(F)(F)F)c3)c2C(N)=O)cc1. The van der Waals surface area contributed by atoms with Crippen molar-refractivity contribution in [3.63, 3.8) is 0 Å². The van der Waals surface area contributed by atoms with E-state index in [0.717, 1.165) is 29.3 Å². The van der Waals surface area contributed by atoms with Gasteiger partial charge in [-0.2, -0.15) is 13.2 Å². The third kappa shape index (κ3) is 5.16. The molecule has 0 bridgehead atoms. The minimum Gasteiger partial charge on any atom is -0.364 e. The number of carbonyl (C=O) groups is 2. The highest BCUT2D eigenvalue weighted by Crippen LogP contribution is 2.30. The molecule has 0 radical (unpaired) electrons. The second-order valence-corrected chi connectivity index (χ2v) is 8.41. The molecule has 3 aromatic rings. The average Bonchev–Trinajstić information content (AvgIpc) is 3.09. The number of imidazole rings is 1. The number of nitrogens with two attached hydrogens (primary N) is 1. The van der Waals surface area contributed by atoms with Gasteiger partial charge in [-0.1, -0.05) is 51.1 Å². The third-order valence-corrected chi connectivity index (χ3v) is 4.93. The average molecular weight is 444 g/mol. The number of alkyl halides is 3. The number of hydrogen-bond donors (Lipinski definition) is 2. The van der Waals surface area contributed by atoms with Gasteiger partial charge >= 0.3 is 6.18 Å². The van der Waals surface area contributed by atoms with Crippen LogP contribution in [0.5, 0.6) is 0 Å². The van der Waals surface area contributed by atoms with Gasteiger partial charge in [0.15, 0.2) is 11.5 Å². The van der Waals surface area contributed by atoms with Crippen molar-refractivity contribution in [1.82, 2.24) is 9.55 Å². The largest absolute Gasteiger partial charge is 0.416 e. The molecule has 3 N–H and O–H groups in total. The molecule has 1 aromatic heterocycles. The summed E-state index contributed by atoms with van der Waals surface area (Å²) in [4.78, 5) is 28.6. The van der Waals surface area contributed by atoms with Crippen molar-refractivity contribution >= 4 is 17.6 Å². The molecule has 0 aliphatic heterocycles. The Labute approximate surface area is 183 Å². The Morgan fingerprint density at radius 2 is 1.69 bits per heavy atom. The number of benzene rings is 2. The zero-order chi connectivity index (χ0) is 23.7. The minimum atomic E-state index is -4.58. The van der Waals surface area contributed by atoms with Gasteiger partial charge < -0.3 is 15.6 Å². The fourth-order valence-corrected chi connectivity index (χ4v) is 3.18.